The Balaban J connectivity index is 2.02. The summed E-state index contributed by atoms with van der Waals surface area (Å²) in [6.07, 6.45) is 0. The lowest BCUT2D eigenvalue weighted by atomic mass is 10.1. The first-order chi connectivity index (χ1) is 12.6. The molecule has 4 aromatic rings. The molecule has 6 nitrogen and oxygen atoms in total. The Labute approximate surface area is 148 Å². The van der Waals surface area contributed by atoms with Crippen LogP contribution in [-0.2, 0) is 6.54 Å². The van der Waals surface area contributed by atoms with Crippen molar-refractivity contribution in [2.75, 3.05) is 12.8 Å². The minimum Gasteiger partial charge on any atom is -0.497 e. The third kappa shape index (κ3) is 2.52. The lowest BCUT2D eigenvalue weighted by Crippen LogP contribution is -2.23. The Bertz CT molecular complexity index is 1240. The second kappa shape index (κ2) is 6.07. The molecule has 6 heteroatoms. The van der Waals surface area contributed by atoms with E-state index in [0.29, 0.717) is 17.4 Å². The summed E-state index contributed by atoms with van der Waals surface area (Å²) in [4.78, 5) is 24.8. The smallest absolute Gasteiger partial charge is 0.338 e. The van der Waals surface area contributed by atoms with Gasteiger partial charge in [0.2, 0.25) is 0 Å². The molecule has 2 aromatic heterocycles. The Morgan fingerprint density at radius 2 is 1.81 bits per heavy atom. The van der Waals surface area contributed by atoms with Gasteiger partial charge in [-0.1, -0.05) is 24.3 Å². The number of ether oxygens (including phenoxy) is 1. The summed E-state index contributed by atoms with van der Waals surface area (Å²) >= 11 is 0. The monoisotopic (exact) mass is 348 g/mol. The molecule has 0 aliphatic heterocycles. The van der Waals surface area contributed by atoms with Gasteiger partial charge in [-0.3, -0.25) is 4.79 Å². The van der Waals surface area contributed by atoms with Crippen molar-refractivity contribution in [3.8, 4) is 5.75 Å². The number of nitrogens with zero attached hydrogens (tertiary/aromatic N) is 1. The summed E-state index contributed by atoms with van der Waals surface area (Å²) in [6, 6.07) is 15.9. The number of aromatic nitrogens is 1. The Morgan fingerprint density at radius 3 is 2.54 bits per heavy atom. The molecular formula is C20H16N2O4. The number of hydrogen-bond donors (Lipinski definition) is 1. The molecule has 4 rings (SSSR count). The normalized spacial score (nSPS) is 11.1. The van der Waals surface area contributed by atoms with E-state index in [1.54, 1.807) is 11.7 Å². The number of nitrogen functional groups attached to an aromatic ring is 1. The first kappa shape index (κ1) is 16.0. The number of pyridine rings is 1. The van der Waals surface area contributed by atoms with E-state index in [4.69, 9.17) is 14.9 Å². The first-order valence-corrected chi connectivity index (χ1v) is 8.06. The van der Waals surface area contributed by atoms with Crippen molar-refractivity contribution in [2.45, 2.75) is 6.54 Å². The van der Waals surface area contributed by atoms with Gasteiger partial charge in [0.1, 0.15) is 11.1 Å². The van der Waals surface area contributed by atoms with Crippen LogP contribution in [0.1, 0.15) is 5.56 Å². The third-order valence-electron chi connectivity index (χ3n) is 4.39. The number of benzene rings is 2. The zero-order valence-corrected chi connectivity index (χ0v) is 14.1. The molecule has 0 spiro atoms. The van der Waals surface area contributed by atoms with Gasteiger partial charge in [0.05, 0.1) is 24.9 Å². The minimum atomic E-state index is -0.576. The van der Waals surface area contributed by atoms with E-state index in [1.807, 2.05) is 48.5 Å². The summed E-state index contributed by atoms with van der Waals surface area (Å²) in [6.45, 7) is 0.359. The average Bonchev–Trinajstić information content (AvgIpc) is 2.65. The topological polar surface area (TPSA) is 87.5 Å². The van der Waals surface area contributed by atoms with Crippen LogP contribution in [0.2, 0.25) is 0 Å². The largest absolute Gasteiger partial charge is 0.497 e. The summed E-state index contributed by atoms with van der Waals surface area (Å²) in [7, 11) is 1.60. The maximum absolute atomic E-state index is 13.1. The number of nitrogens with two attached hydrogens (primary N) is 1. The predicted octanol–water partition coefficient (Wildman–Crippen LogP) is 2.75. The number of hydrogen-bond acceptors (Lipinski definition) is 5. The summed E-state index contributed by atoms with van der Waals surface area (Å²) in [5, 5.41) is 0.886. The number of rotatable bonds is 3. The molecule has 26 heavy (non-hydrogen) atoms. The molecule has 0 unspecified atom stereocenters. The Hall–Kier alpha value is -3.54. The molecule has 0 bridgehead atoms. The zero-order chi connectivity index (χ0) is 18.3. The number of methoxy groups -OCH3 is 1. The fraction of sp³-hybridized carbons (Fsp3) is 0.100. The molecule has 2 aromatic carbocycles. The summed E-state index contributed by atoms with van der Waals surface area (Å²) < 4.78 is 12.1. The van der Waals surface area contributed by atoms with Gasteiger partial charge in [-0.05, 0) is 29.8 Å². The van der Waals surface area contributed by atoms with Crippen LogP contribution in [0.15, 0.2) is 68.6 Å². The predicted molar refractivity (Wildman–Crippen MR) is 101 cm³/mol. The maximum Gasteiger partial charge on any atom is 0.338 e. The highest BCUT2D eigenvalue weighted by Crippen LogP contribution is 2.25. The van der Waals surface area contributed by atoms with E-state index >= 15 is 0 Å². The van der Waals surface area contributed by atoms with Crippen molar-refractivity contribution in [1.82, 2.24) is 4.57 Å². The van der Waals surface area contributed by atoms with Gasteiger partial charge in [0, 0.05) is 11.5 Å². The number of para-hydroxylation sites is 1. The quantitative estimate of drug-likeness (QED) is 0.575. The van der Waals surface area contributed by atoms with Gasteiger partial charge in [-0.25, -0.2) is 4.79 Å². The fourth-order valence-corrected chi connectivity index (χ4v) is 3.14. The zero-order valence-electron chi connectivity index (χ0n) is 14.1. The van der Waals surface area contributed by atoms with Crippen LogP contribution < -0.4 is 21.7 Å². The van der Waals surface area contributed by atoms with Crippen LogP contribution in [0.5, 0.6) is 5.75 Å². The molecule has 0 saturated heterocycles. The fourth-order valence-electron chi connectivity index (χ4n) is 3.14. The van der Waals surface area contributed by atoms with Crippen LogP contribution in [0, 0.1) is 0 Å². The van der Waals surface area contributed by atoms with Crippen molar-refractivity contribution >= 4 is 27.6 Å². The number of anilines is 1. The Morgan fingerprint density at radius 1 is 1.08 bits per heavy atom. The lowest BCUT2D eigenvalue weighted by molar-refractivity contribution is 0.414. The molecule has 0 radical (unpaired) electrons. The molecule has 0 amide bonds. The van der Waals surface area contributed by atoms with Crippen molar-refractivity contribution in [1.29, 1.82) is 0 Å². The van der Waals surface area contributed by atoms with E-state index < -0.39 is 5.63 Å². The van der Waals surface area contributed by atoms with E-state index in [2.05, 4.69) is 0 Å². The highest BCUT2D eigenvalue weighted by molar-refractivity contribution is 6.05. The maximum atomic E-state index is 13.1. The van der Waals surface area contributed by atoms with Crippen LogP contribution >= 0.6 is 0 Å². The van der Waals surface area contributed by atoms with E-state index in [1.165, 1.54) is 0 Å². The molecule has 130 valence electrons. The van der Waals surface area contributed by atoms with Crippen LogP contribution in [0.3, 0.4) is 0 Å². The highest BCUT2D eigenvalue weighted by Gasteiger charge is 2.16. The van der Waals surface area contributed by atoms with Crippen molar-refractivity contribution in [3.05, 3.63) is 80.9 Å². The summed E-state index contributed by atoms with van der Waals surface area (Å²) in [5.41, 5.74) is 7.05. The minimum absolute atomic E-state index is 0.121. The second-order valence-electron chi connectivity index (χ2n) is 5.98. The molecule has 2 heterocycles. The van der Waals surface area contributed by atoms with Crippen LogP contribution in [0.25, 0.3) is 21.9 Å². The van der Waals surface area contributed by atoms with E-state index in [-0.39, 0.29) is 22.2 Å². The first-order valence-electron chi connectivity index (χ1n) is 8.06. The lowest BCUT2D eigenvalue weighted by Gasteiger charge is -2.13. The van der Waals surface area contributed by atoms with Crippen LogP contribution in [0.4, 0.5) is 5.69 Å². The number of fused-ring (bicyclic) bond motifs is 3. The van der Waals surface area contributed by atoms with Crippen molar-refractivity contribution < 1.29 is 9.15 Å². The third-order valence-corrected chi connectivity index (χ3v) is 4.39. The molecular weight excluding hydrogens is 332 g/mol. The van der Waals surface area contributed by atoms with Gasteiger partial charge in [-0.2, -0.15) is 0 Å². The van der Waals surface area contributed by atoms with Gasteiger partial charge in [0.15, 0.2) is 5.58 Å². The van der Waals surface area contributed by atoms with Crippen molar-refractivity contribution in [3.63, 3.8) is 0 Å². The summed E-state index contributed by atoms with van der Waals surface area (Å²) in [5.74, 6) is 0.746. The van der Waals surface area contributed by atoms with E-state index in [0.717, 1.165) is 17.4 Å². The van der Waals surface area contributed by atoms with Gasteiger partial charge < -0.3 is 19.5 Å². The average molecular weight is 348 g/mol. The molecule has 0 atom stereocenters. The molecule has 0 aliphatic carbocycles. The second-order valence-corrected chi connectivity index (χ2v) is 5.98. The van der Waals surface area contributed by atoms with Gasteiger partial charge in [0.25, 0.3) is 5.56 Å². The van der Waals surface area contributed by atoms with Gasteiger partial charge >= 0.3 is 5.63 Å². The molecule has 0 aliphatic rings. The standard InChI is InChI=1S/C20H16N2O4/c1-25-13-8-6-12(7-9-13)11-22-16-5-3-2-4-14(16)19-18(20(22)24)15(21)10-17(23)26-19/h2-10H,11,21H2,1H3. The molecule has 2 N–H and O–H groups in total. The molecule has 0 fully saturated rings. The van der Waals surface area contributed by atoms with E-state index in [9.17, 15) is 9.59 Å². The molecule has 0 saturated carbocycles. The van der Waals surface area contributed by atoms with Crippen LogP contribution in [-0.4, -0.2) is 11.7 Å². The Kier molecular flexibility index (Phi) is 3.73. The van der Waals surface area contributed by atoms with Gasteiger partial charge in [-0.15, -0.1) is 0 Å². The highest BCUT2D eigenvalue weighted by atomic mass is 16.5. The SMILES string of the molecule is COc1ccc(Cn2c(=O)c3c(N)cc(=O)oc3c3ccccc32)cc1. The van der Waals surface area contributed by atoms with Crippen molar-refractivity contribution in [2.24, 2.45) is 0 Å².